The van der Waals surface area contributed by atoms with Crippen molar-refractivity contribution in [1.82, 2.24) is 0 Å². The Bertz CT molecular complexity index is 589. The van der Waals surface area contributed by atoms with E-state index in [1.807, 2.05) is 0 Å². The Kier molecular flexibility index (Phi) is 32.7. The monoisotopic (exact) mass is 707 g/mol. The van der Waals surface area contributed by atoms with Gasteiger partial charge in [-0.05, 0) is 87.5 Å². The van der Waals surface area contributed by atoms with Gasteiger partial charge in [0.05, 0.1) is 12.2 Å². The zero-order chi connectivity index (χ0) is 34.7. The van der Waals surface area contributed by atoms with Crippen molar-refractivity contribution in [2.45, 2.75) is 257 Å². The highest BCUT2D eigenvalue weighted by Gasteiger charge is 2.26. The molecule has 2 aliphatic rings. The number of ether oxygens (including phenoxy) is 2. The molecule has 0 amide bonds. The van der Waals surface area contributed by atoms with E-state index in [0.29, 0.717) is 12.2 Å². The van der Waals surface area contributed by atoms with Crippen LogP contribution in [0.2, 0.25) is 0 Å². The molecule has 0 N–H and O–H groups in total. The van der Waals surface area contributed by atoms with Crippen molar-refractivity contribution in [3.05, 3.63) is 0 Å². The van der Waals surface area contributed by atoms with E-state index < -0.39 is 0 Å². The van der Waals surface area contributed by atoms with Gasteiger partial charge in [-0.1, -0.05) is 181 Å². The van der Waals surface area contributed by atoms with E-state index >= 15 is 0 Å². The first-order valence-electron chi connectivity index (χ1n) is 23.2. The lowest BCUT2D eigenvalue weighted by Crippen LogP contribution is -2.19. The molecular weight excluding hydrogens is 617 g/mol. The molecule has 4 unspecified atom stereocenters. The van der Waals surface area contributed by atoms with Crippen LogP contribution in [-0.4, -0.2) is 36.9 Å². The largest absolute Gasteiger partial charge is 0.378 e. The predicted molar refractivity (Wildman–Crippen MR) is 221 cm³/mol. The Balaban J connectivity index is 1.34. The van der Waals surface area contributed by atoms with Crippen LogP contribution in [-0.2, 0) is 9.47 Å². The molecule has 0 radical (unpaired) electrons. The van der Waals surface area contributed by atoms with Gasteiger partial charge in [-0.25, -0.2) is 0 Å². The van der Waals surface area contributed by atoms with Gasteiger partial charge in [-0.15, -0.1) is 0 Å². The van der Waals surface area contributed by atoms with Gasteiger partial charge in [0.1, 0.15) is 0 Å². The average Bonchev–Trinajstić information content (AvgIpc) is 3.86. The first kappa shape index (κ1) is 45.4. The number of thioether (sulfide) groups is 1. The number of hydrogen-bond acceptors (Lipinski definition) is 3. The Morgan fingerprint density at radius 3 is 0.959 bits per heavy atom. The maximum atomic E-state index is 6.16. The summed E-state index contributed by atoms with van der Waals surface area (Å²) in [6.45, 7) is 6.67. The third-order valence-electron chi connectivity index (χ3n) is 12.1. The summed E-state index contributed by atoms with van der Waals surface area (Å²) in [5, 5.41) is 0. The molecule has 0 spiro atoms. The van der Waals surface area contributed by atoms with Crippen LogP contribution in [0.4, 0.5) is 0 Å². The first-order valence-corrected chi connectivity index (χ1v) is 24.3. The highest BCUT2D eigenvalue weighted by molar-refractivity contribution is 7.99. The van der Waals surface area contributed by atoms with E-state index in [4.69, 9.17) is 9.47 Å². The maximum absolute atomic E-state index is 6.16. The second-order valence-corrected chi connectivity index (χ2v) is 17.8. The van der Waals surface area contributed by atoms with Gasteiger partial charge >= 0.3 is 0 Å². The van der Waals surface area contributed by atoms with Crippen LogP contribution in [0.1, 0.15) is 245 Å². The van der Waals surface area contributed by atoms with E-state index in [2.05, 4.69) is 25.6 Å². The quantitative estimate of drug-likeness (QED) is 0.0596. The molecule has 2 aliphatic heterocycles. The van der Waals surface area contributed by atoms with Crippen LogP contribution in [0.25, 0.3) is 0 Å². The van der Waals surface area contributed by atoms with Gasteiger partial charge in [0.25, 0.3) is 0 Å². The third kappa shape index (κ3) is 26.7. The Hall–Kier alpha value is 0.270. The molecule has 2 nitrogen and oxygen atoms in total. The fourth-order valence-electron chi connectivity index (χ4n) is 8.80. The molecule has 292 valence electrons. The predicted octanol–water partition coefficient (Wildman–Crippen LogP) is 15.8. The Labute approximate surface area is 314 Å². The van der Waals surface area contributed by atoms with E-state index in [1.165, 1.54) is 243 Å². The second kappa shape index (κ2) is 35.3. The van der Waals surface area contributed by atoms with Crippen molar-refractivity contribution < 1.29 is 9.47 Å². The van der Waals surface area contributed by atoms with Crippen molar-refractivity contribution in [3.8, 4) is 0 Å². The topological polar surface area (TPSA) is 18.5 Å². The molecule has 4 atom stereocenters. The van der Waals surface area contributed by atoms with Crippen molar-refractivity contribution in [1.29, 1.82) is 0 Å². The normalized spacial score (nSPS) is 19.2. The van der Waals surface area contributed by atoms with Crippen molar-refractivity contribution in [2.24, 2.45) is 11.8 Å². The minimum Gasteiger partial charge on any atom is -0.378 e. The molecule has 0 aromatic rings. The molecule has 0 aliphatic carbocycles. The molecule has 3 heteroatoms. The van der Waals surface area contributed by atoms with Gasteiger partial charge in [0.15, 0.2) is 0 Å². The molecule has 49 heavy (non-hydrogen) atoms. The maximum Gasteiger partial charge on any atom is 0.0604 e. The molecule has 2 rings (SSSR count). The standard InChI is InChI=1S/C46H90O2S/c1-3-5-7-9-11-13-19-25-33-43(45-37-31-39-47-45)35-27-21-15-17-23-29-41-49-42-30-24-18-16-22-28-36-44(46-38-32-40-48-46)34-26-20-14-12-10-8-6-4-2/h43-46H,3-42H2,1-2H3. The third-order valence-corrected chi connectivity index (χ3v) is 13.2. The Morgan fingerprint density at radius 2 is 0.673 bits per heavy atom. The number of unbranched alkanes of at least 4 members (excludes halogenated alkanes) is 24. The molecular formula is C46H90O2S. The summed E-state index contributed by atoms with van der Waals surface area (Å²) in [4.78, 5) is 0. The first-order chi connectivity index (χ1) is 24.3. The fourth-order valence-corrected chi connectivity index (χ4v) is 9.82. The SMILES string of the molecule is CCCCCCCCCCC(CCCCCCCCSCCCCCCCCC(CCCCCCCCCC)C1CCCO1)C1CCCO1. The summed E-state index contributed by atoms with van der Waals surface area (Å²) in [6, 6.07) is 0. The van der Waals surface area contributed by atoms with Gasteiger partial charge in [0, 0.05) is 13.2 Å². The molecule has 0 aromatic carbocycles. The number of hydrogen-bond donors (Lipinski definition) is 0. The summed E-state index contributed by atoms with van der Waals surface area (Å²) in [5.41, 5.74) is 0. The lowest BCUT2D eigenvalue weighted by Gasteiger charge is -2.23. The molecule has 2 saturated heterocycles. The second-order valence-electron chi connectivity index (χ2n) is 16.6. The molecule has 0 saturated carbocycles. The van der Waals surface area contributed by atoms with Crippen molar-refractivity contribution in [2.75, 3.05) is 24.7 Å². The van der Waals surface area contributed by atoms with E-state index in [0.717, 1.165) is 25.0 Å². The Morgan fingerprint density at radius 1 is 0.388 bits per heavy atom. The van der Waals surface area contributed by atoms with Gasteiger partial charge in [-0.3, -0.25) is 0 Å². The summed E-state index contributed by atoms with van der Waals surface area (Å²) < 4.78 is 12.3. The van der Waals surface area contributed by atoms with Gasteiger partial charge in [-0.2, -0.15) is 11.8 Å². The minimum absolute atomic E-state index is 0.588. The zero-order valence-electron chi connectivity index (χ0n) is 33.8. The lowest BCUT2D eigenvalue weighted by molar-refractivity contribution is 0.0537. The van der Waals surface area contributed by atoms with Crippen LogP contribution in [0.5, 0.6) is 0 Å². The highest BCUT2D eigenvalue weighted by Crippen LogP contribution is 2.31. The van der Waals surface area contributed by atoms with E-state index in [1.54, 1.807) is 0 Å². The highest BCUT2D eigenvalue weighted by atomic mass is 32.2. The van der Waals surface area contributed by atoms with Gasteiger partial charge in [0.2, 0.25) is 0 Å². The molecule has 0 aromatic heterocycles. The average molecular weight is 707 g/mol. The summed E-state index contributed by atoms with van der Waals surface area (Å²) >= 11 is 2.23. The molecule has 0 bridgehead atoms. The van der Waals surface area contributed by atoms with Crippen LogP contribution in [0.3, 0.4) is 0 Å². The lowest BCUT2D eigenvalue weighted by atomic mass is 9.88. The molecule has 2 heterocycles. The van der Waals surface area contributed by atoms with E-state index in [-0.39, 0.29) is 0 Å². The van der Waals surface area contributed by atoms with Crippen molar-refractivity contribution in [3.63, 3.8) is 0 Å². The van der Waals surface area contributed by atoms with Crippen LogP contribution >= 0.6 is 11.8 Å². The summed E-state index contributed by atoms with van der Waals surface area (Å²) in [5.74, 6) is 4.47. The summed E-state index contributed by atoms with van der Waals surface area (Å²) in [7, 11) is 0. The van der Waals surface area contributed by atoms with Crippen LogP contribution < -0.4 is 0 Å². The van der Waals surface area contributed by atoms with Crippen LogP contribution in [0, 0.1) is 11.8 Å². The zero-order valence-corrected chi connectivity index (χ0v) is 34.6. The van der Waals surface area contributed by atoms with Crippen LogP contribution in [0.15, 0.2) is 0 Å². The fraction of sp³-hybridized carbons (Fsp3) is 1.00. The molecule has 2 fully saturated rings. The van der Waals surface area contributed by atoms with E-state index in [9.17, 15) is 0 Å². The smallest absolute Gasteiger partial charge is 0.0604 e. The summed E-state index contributed by atoms with van der Waals surface area (Å²) in [6.07, 6.45) is 52.5. The van der Waals surface area contributed by atoms with Crippen molar-refractivity contribution >= 4 is 11.8 Å². The minimum atomic E-state index is 0.588. The van der Waals surface area contributed by atoms with Gasteiger partial charge < -0.3 is 9.47 Å². The number of rotatable bonds is 38.